The molecule has 2 aromatic heterocycles. The molecule has 1 aliphatic rings. The van der Waals surface area contributed by atoms with Crippen LogP contribution in [0.2, 0.25) is 0 Å². The van der Waals surface area contributed by atoms with E-state index in [4.69, 9.17) is 0 Å². The van der Waals surface area contributed by atoms with Crippen LogP contribution in [-0.4, -0.2) is 53.4 Å². The molecule has 3 aromatic rings. The maximum Gasteiger partial charge on any atom is 0.262 e. The lowest BCUT2D eigenvalue weighted by molar-refractivity contribution is -0.124. The van der Waals surface area contributed by atoms with Crippen molar-refractivity contribution in [1.29, 1.82) is 0 Å². The highest BCUT2D eigenvalue weighted by atomic mass is 32.1. The first-order valence-electron chi connectivity index (χ1n) is 11.6. The molecule has 170 valence electrons. The maximum atomic E-state index is 13.3. The van der Waals surface area contributed by atoms with Gasteiger partial charge in [0.1, 0.15) is 6.04 Å². The number of unbranched alkanes of at least 4 members (excludes halogenated alkanes) is 1. The third-order valence-electron chi connectivity index (χ3n) is 6.23. The van der Waals surface area contributed by atoms with Crippen LogP contribution in [0.15, 0.2) is 48.0 Å². The number of aromatic amines is 1. The number of benzene rings is 1. The lowest BCUT2D eigenvalue weighted by atomic mass is 10.0. The molecule has 4 rings (SSSR count). The van der Waals surface area contributed by atoms with Crippen LogP contribution in [0.4, 0.5) is 0 Å². The van der Waals surface area contributed by atoms with Crippen LogP contribution in [0.25, 0.3) is 10.9 Å². The smallest absolute Gasteiger partial charge is 0.262 e. The normalized spacial score (nSPS) is 16.2. The van der Waals surface area contributed by atoms with Crippen LogP contribution in [0.1, 0.15) is 47.8 Å². The molecule has 3 N–H and O–H groups in total. The zero-order chi connectivity index (χ0) is 22.3. The Kier molecular flexibility index (Phi) is 7.60. The first-order valence-corrected chi connectivity index (χ1v) is 12.4. The Bertz CT molecular complexity index is 1020. The summed E-state index contributed by atoms with van der Waals surface area (Å²) in [6.07, 6.45) is 6.72. The van der Waals surface area contributed by atoms with Crippen LogP contribution in [0.5, 0.6) is 0 Å². The van der Waals surface area contributed by atoms with Crippen molar-refractivity contribution < 1.29 is 9.59 Å². The lowest BCUT2D eigenvalue weighted by Crippen LogP contribution is -2.52. The molecule has 2 amide bonds. The van der Waals surface area contributed by atoms with E-state index < -0.39 is 6.04 Å². The van der Waals surface area contributed by atoms with Gasteiger partial charge in [-0.1, -0.05) is 37.6 Å². The fourth-order valence-electron chi connectivity index (χ4n) is 4.35. The number of amides is 2. The average molecular weight is 453 g/mol. The number of H-pyrrole nitrogens is 1. The Morgan fingerprint density at radius 1 is 1.19 bits per heavy atom. The van der Waals surface area contributed by atoms with Gasteiger partial charge in [-0.25, -0.2) is 0 Å². The molecule has 1 saturated heterocycles. The van der Waals surface area contributed by atoms with E-state index in [0.717, 1.165) is 48.9 Å². The SMILES string of the molecule is CCCCN1CCC(NC(=O)C(Cc2c[nH]c3ccccc23)NC(=O)c2cccs2)CC1. The van der Waals surface area contributed by atoms with E-state index in [9.17, 15) is 9.59 Å². The van der Waals surface area contributed by atoms with E-state index in [-0.39, 0.29) is 17.9 Å². The summed E-state index contributed by atoms with van der Waals surface area (Å²) in [4.78, 5) is 32.4. The maximum absolute atomic E-state index is 13.3. The molecule has 3 heterocycles. The van der Waals surface area contributed by atoms with Gasteiger partial charge in [-0.15, -0.1) is 11.3 Å². The summed E-state index contributed by atoms with van der Waals surface area (Å²) in [5.74, 6) is -0.304. The molecule has 1 atom stereocenters. The number of fused-ring (bicyclic) bond motifs is 1. The first kappa shape index (κ1) is 22.6. The molecule has 0 spiro atoms. The Labute approximate surface area is 193 Å². The predicted octanol–water partition coefficient (Wildman–Crippen LogP) is 3.95. The summed E-state index contributed by atoms with van der Waals surface area (Å²) in [5, 5.41) is 9.16. The van der Waals surface area contributed by atoms with Crippen molar-refractivity contribution in [2.75, 3.05) is 19.6 Å². The second kappa shape index (κ2) is 10.8. The molecule has 32 heavy (non-hydrogen) atoms. The minimum Gasteiger partial charge on any atom is -0.361 e. The van der Waals surface area contributed by atoms with Crippen molar-refractivity contribution >= 4 is 34.1 Å². The van der Waals surface area contributed by atoms with Gasteiger partial charge in [0.2, 0.25) is 5.91 Å². The van der Waals surface area contributed by atoms with Gasteiger partial charge in [0.25, 0.3) is 5.91 Å². The number of carbonyl (C=O) groups is 2. The molecule has 0 aliphatic carbocycles. The standard InChI is InChI=1S/C25H32N4O2S/c1-2-3-12-29-13-10-19(11-14-29)27-24(30)22(28-25(31)23-9-6-15-32-23)16-18-17-26-21-8-5-4-7-20(18)21/h4-9,15,17,19,22,26H,2-3,10-14,16H2,1H3,(H,27,30)(H,28,31). The molecule has 0 bridgehead atoms. The summed E-state index contributed by atoms with van der Waals surface area (Å²) in [5.41, 5.74) is 2.06. The van der Waals surface area contributed by atoms with Gasteiger partial charge in [0, 0.05) is 42.7 Å². The summed E-state index contributed by atoms with van der Waals surface area (Å²) in [6.45, 7) is 5.38. The number of aromatic nitrogens is 1. The monoisotopic (exact) mass is 452 g/mol. The van der Waals surface area contributed by atoms with E-state index in [1.54, 1.807) is 6.07 Å². The molecule has 1 aromatic carbocycles. The van der Waals surface area contributed by atoms with Crippen molar-refractivity contribution in [1.82, 2.24) is 20.5 Å². The van der Waals surface area contributed by atoms with Crippen molar-refractivity contribution in [3.8, 4) is 0 Å². The van der Waals surface area contributed by atoms with E-state index in [0.29, 0.717) is 11.3 Å². The highest BCUT2D eigenvalue weighted by molar-refractivity contribution is 7.12. The molecule has 6 nitrogen and oxygen atoms in total. The minimum absolute atomic E-state index is 0.104. The van der Waals surface area contributed by atoms with Crippen LogP contribution >= 0.6 is 11.3 Å². The van der Waals surface area contributed by atoms with Gasteiger partial charge in [0.05, 0.1) is 4.88 Å². The fourth-order valence-corrected chi connectivity index (χ4v) is 4.98. The number of rotatable bonds is 9. The van der Waals surface area contributed by atoms with Crippen LogP contribution in [0, 0.1) is 0 Å². The number of thiophene rings is 1. The molecule has 0 radical (unpaired) electrons. The summed E-state index contributed by atoms with van der Waals surface area (Å²) in [7, 11) is 0. The third-order valence-corrected chi connectivity index (χ3v) is 7.10. The molecular weight excluding hydrogens is 420 g/mol. The topological polar surface area (TPSA) is 77.2 Å². The van der Waals surface area contributed by atoms with Gasteiger partial charge in [0.15, 0.2) is 0 Å². The number of piperidine rings is 1. The van der Waals surface area contributed by atoms with Crippen molar-refractivity contribution in [3.63, 3.8) is 0 Å². The van der Waals surface area contributed by atoms with E-state index in [1.165, 1.54) is 24.2 Å². The Balaban J connectivity index is 1.43. The van der Waals surface area contributed by atoms with Gasteiger partial charge in [-0.05, 0) is 48.9 Å². The number of para-hydroxylation sites is 1. The summed E-state index contributed by atoms with van der Waals surface area (Å²) in [6, 6.07) is 11.2. The van der Waals surface area contributed by atoms with Crippen LogP contribution in [-0.2, 0) is 11.2 Å². The highest BCUT2D eigenvalue weighted by Gasteiger charge is 2.27. The Morgan fingerprint density at radius 2 is 2.00 bits per heavy atom. The number of hydrogen-bond acceptors (Lipinski definition) is 4. The molecule has 0 saturated carbocycles. The van der Waals surface area contributed by atoms with Crippen molar-refractivity contribution in [2.45, 2.75) is 51.1 Å². The number of hydrogen-bond donors (Lipinski definition) is 3. The minimum atomic E-state index is -0.623. The fraction of sp³-hybridized carbons (Fsp3) is 0.440. The van der Waals surface area contributed by atoms with E-state index in [2.05, 4.69) is 27.4 Å². The van der Waals surface area contributed by atoms with Crippen LogP contribution < -0.4 is 10.6 Å². The van der Waals surface area contributed by atoms with Gasteiger partial charge in [-0.3, -0.25) is 9.59 Å². The molecule has 1 aliphatic heterocycles. The molecule has 7 heteroatoms. The summed E-state index contributed by atoms with van der Waals surface area (Å²) < 4.78 is 0. The summed E-state index contributed by atoms with van der Waals surface area (Å²) >= 11 is 1.38. The lowest BCUT2D eigenvalue weighted by Gasteiger charge is -2.33. The van der Waals surface area contributed by atoms with Gasteiger partial charge in [-0.2, -0.15) is 0 Å². The Morgan fingerprint density at radius 3 is 2.75 bits per heavy atom. The van der Waals surface area contributed by atoms with Crippen LogP contribution in [0.3, 0.4) is 0 Å². The molecule has 1 unspecified atom stereocenters. The number of nitrogens with one attached hydrogen (secondary N) is 3. The van der Waals surface area contributed by atoms with E-state index >= 15 is 0 Å². The molecule has 1 fully saturated rings. The second-order valence-corrected chi connectivity index (χ2v) is 9.49. The highest BCUT2D eigenvalue weighted by Crippen LogP contribution is 2.20. The first-order chi connectivity index (χ1) is 15.6. The number of likely N-dealkylation sites (tertiary alicyclic amines) is 1. The quantitative estimate of drug-likeness (QED) is 0.460. The number of carbonyl (C=O) groups excluding carboxylic acids is 2. The van der Waals surface area contributed by atoms with E-state index in [1.807, 2.05) is 41.9 Å². The zero-order valence-corrected chi connectivity index (χ0v) is 19.4. The van der Waals surface area contributed by atoms with Crippen molar-refractivity contribution in [2.24, 2.45) is 0 Å². The Hall–Kier alpha value is -2.64. The predicted molar refractivity (Wildman–Crippen MR) is 130 cm³/mol. The average Bonchev–Trinajstić information content (AvgIpc) is 3.49. The second-order valence-electron chi connectivity index (χ2n) is 8.55. The molecular formula is C25H32N4O2S. The third kappa shape index (κ3) is 5.58. The van der Waals surface area contributed by atoms with Gasteiger partial charge < -0.3 is 20.5 Å². The largest absolute Gasteiger partial charge is 0.361 e. The van der Waals surface area contributed by atoms with Gasteiger partial charge >= 0.3 is 0 Å². The van der Waals surface area contributed by atoms with Crippen molar-refractivity contribution in [3.05, 3.63) is 58.4 Å². The number of nitrogens with zero attached hydrogens (tertiary/aromatic N) is 1. The zero-order valence-electron chi connectivity index (χ0n) is 18.6.